The average Bonchev–Trinajstić information content (AvgIpc) is 3.49. The van der Waals surface area contributed by atoms with Crippen molar-refractivity contribution in [1.29, 1.82) is 0 Å². The van der Waals surface area contributed by atoms with Gasteiger partial charge in [0.25, 0.3) is 5.91 Å². The Morgan fingerprint density at radius 2 is 1.94 bits per heavy atom. The first-order valence-electron chi connectivity index (χ1n) is 11.5. The van der Waals surface area contributed by atoms with Crippen molar-refractivity contribution in [3.8, 4) is 0 Å². The summed E-state index contributed by atoms with van der Waals surface area (Å²) in [6.07, 6.45) is 4.09. The number of amides is 2. The topological polar surface area (TPSA) is 102 Å². The molecule has 1 saturated carbocycles. The van der Waals surface area contributed by atoms with Crippen molar-refractivity contribution in [3.05, 3.63) is 57.2 Å². The van der Waals surface area contributed by atoms with Crippen LogP contribution in [0.15, 0.2) is 41.8 Å². The molecule has 0 radical (unpaired) electrons. The van der Waals surface area contributed by atoms with Gasteiger partial charge in [-0.1, -0.05) is 68.1 Å². The van der Waals surface area contributed by atoms with E-state index < -0.39 is 24.0 Å². The Hall–Kier alpha value is -2.71. The summed E-state index contributed by atoms with van der Waals surface area (Å²) in [5.41, 5.74) is 0.480. The van der Waals surface area contributed by atoms with Gasteiger partial charge in [-0.3, -0.25) is 19.2 Å². The van der Waals surface area contributed by atoms with Crippen molar-refractivity contribution in [1.82, 2.24) is 10.6 Å². The number of unbranched alkanes of at least 4 members (excludes halogenated alkanes) is 1. The second-order valence-corrected chi connectivity index (χ2v) is 9.69. The SMILES string of the molecule is CCCC[C@H](NC(=O)c1cc(Cl)cs1)C(=O)N[C@H]1CCC[C@H]1C(=O)OCC(=O)c1ccccc1. The Bertz CT molecular complexity index is 1010. The molecule has 3 atom stereocenters. The number of halogens is 1. The van der Waals surface area contributed by atoms with E-state index in [2.05, 4.69) is 10.6 Å². The first-order valence-corrected chi connectivity index (χ1v) is 12.7. The molecule has 2 aromatic rings. The van der Waals surface area contributed by atoms with Gasteiger partial charge in [0, 0.05) is 17.0 Å². The van der Waals surface area contributed by atoms with Crippen LogP contribution in [0, 0.1) is 5.92 Å². The van der Waals surface area contributed by atoms with Crippen LogP contribution in [0.4, 0.5) is 0 Å². The van der Waals surface area contributed by atoms with Gasteiger partial charge in [-0.15, -0.1) is 11.3 Å². The fourth-order valence-electron chi connectivity index (χ4n) is 3.99. The number of carbonyl (C=O) groups is 4. The number of benzene rings is 1. The number of ether oxygens (including phenoxy) is 1. The van der Waals surface area contributed by atoms with Gasteiger partial charge in [-0.25, -0.2) is 0 Å². The third-order valence-electron chi connectivity index (χ3n) is 5.85. The molecule has 2 N–H and O–H groups in total. The number of nitrogens with one attached hydrogen (secondary N) is 2. The van der Waals surface area contributed by atoms with Crippen LogP contribution in [0.5, 0.6) is 0 Å². The molecule has 1 heterocycles. The molecule has 0 bridgehead atoms. The van der Waals surface area contributed by atoms with E-state index in [1.165, 1.54) is 11.3 Å². The quantitative estimate of drug-likeness (QED) is 0.349. The number of hydrogen-bond donors (Lipinski definition) is 2. The van der Waals surface area contributed by atoms with E-state index in [-0.39, 0.29) is 24.2 Å². The maximum atomic E-state index is 13.0. The highest BCUT2D eigenvalue weighted by atomic mass is 35.5. The summed E-state index contributed by atoms with van der Waals surface area (Å²) < 4.78 is 5.28. The summed E-state index contributed by atoms with van der Waals surface area (Å²) in [7, 11) is 0. The molecule has 1 aliphatic rings. The Labute approximate surface area is 208 Å². The predicted molar refractivity (Wildman–Crippen MR) is 131 cm³/mol. The Kier molecular flexibility index (Phi) is 9.65. The average molecular weight is 505 g/mol. The first kappa shape index (κ1) is 25.9. The standard InChI is InChI=1S/C25H29ClN2O5S/c1-2-3-11-20(28-24(31)22-13-17(26)15-34-22)23(30)27-19-12-7-10-18(19)25(32)33-14-21(29)16-8-5-4-6-9-16/h4-6,8-9,13,15,18-20H,2-3,7,10-12,14H2,1H3,(H,27,30)(H,28,31)/t18-,19+,20+/m1/s1. The molecule has 1 aromatic heterocycles. The van der Waals surface area contributed by atoms with Crippen LogP contribution in [-0.4, -0.2) is 42.3 Å². The van der Waals surface area contributed by atoms with Crippen molar-refractivity contribution in [3.63, 3.8) is 0 Å². The Morgan fingerprint density at radius 3 is 2.62 bits per heavy atom. The molecule has 0 spiro atoms. The van der Waals surface area contributed by atoms with Gasteiger partial charge in [-0.05, 0) is 25.3 Å². The van der Waals surface area contributed by atoms with Gasteiger partial charge in [-0.2, -0.15) is 0 Å². The second kappa shape index (κ2) is 12.7. The third-order valence-corrected chi connectivity index (χ3v) is 7.12. The molecular formula is C25H29ClN2O5S. The number of Topliss-reactive ketones (excluding diaryl/α,β-unsaturated/α-hetero) is 1. The lowest BCUT2D eigenvalue weighted by Gasteiger charge is -2.24. The minimum atomic E-state index is -0.717. The minimum absolute atomic E-state index is 0.274. The van der Waals surface area contributed by atoms with Gasteiger partial charge < -0.3 is 15.4 Å². The number of carbonyl (C=O) groups excluding carboxylic acids is 4. The number of hydrogen-bond acceptors (Lipinski definition) is 6. The molecule has 34 heavy (non-hydrogen) atoms. The van der Waals surface area contributed by atoms with E-state index >= 15 is 0 Å². The van der Waals surface area contributed by atoms with Gasteiger partial charge in [0.2, 0.25) is 5.91 Å². The summed E-state index contributed by atoms with van der Waals surface area (Å²) in [5, 5.41) is 7.87. The number of ketones is 1. The van der Waals surface area contributed by atoms with Crippen molar-refractivity contribution in [2.24, 2.45) is 5.92 Å². The molecule has 0 aliphatic heterocycles. The van der Waals surface area contributed by atoms with E-state index in [0.717, 1.165) is 19.3 Å². The van der Waals surface area contributed by atoms with E-state index in [1.54, 1.807) is 41.8 Å². The van der Waals surface area contributed by atoms with Crippen molar-refractivity contribution < 1.29 is 23.9 Å². The van der Waals surface area contributed by atoms with Gasteiger partial charge >= 0.3 is 5.97 Å². The summed E-state index contributed by atoms with van der Waals surface area (Å²) >= 11 is 7.13. The maximum Gasteiger partial charge on any atom is 0.311 e. The molecule has 3 rings (SSSR count). The van der Waals surface area contributed by atoms with Gasteiger partial charge in [0.05, 0.1) is 15.8 Å². The zero-order valence-electron chi connectivity index (χ0n) is 19.1. The van der Waals surface area contributed by atoms with E-state index in [9.17, 15) is 19.2 Å². The molecule has 2 amide bonds. The monoisotopic (exact) mass is 504 g/mol. The van der Waals surface area contributed by atoms with E-state index in [4.69, 9.17) is 16.3 Å². The summed E-state index contributed by atoms with van der Waals surface area (Å²) in [6.45, 7) is 1.67. The van der Waals surface area contributed by atoms with Gasteiger partial charge in [0.1, 0.15) is 6.04 Å². The zero-order chi connectivity index (χ0) is 24.5. The van der Waals surface area contributed by atoms with Crippen LogP contribution in [0.25, 0.3) is 0 Å². The van der Waals surface area contributed by atoms with Crippen LogP contribution in [0.2, 0.25) is 5.02 Å². The molecule has 0 saturated heterocycles. The first-order chi connectivity index (χ1) is 16.4. The van der Waals surface area contributed by atoms with Crippen LogP contribution >= 0.6 is 22.9 Å². The maximum absolute atomic E-state index is 13.0. The zero-order valence-corrected chi connectivity index (χ0v) is 20.6. The van der Waals surface area contributed by atoms with Crippen molar-refractivity contribution >= 4 is 46.5 Å². The van der Waals surface area contributed by atoms with Crippen molar-refractivity contribution in [2.45, 2.75) is 57.5 Å². The van der Waals surface area contributed by atoms with Crippen LogP contribution in [0.1, 0.15) is 65.5 Å². The summed E-state index contributed by atoms with van der Waals surface area (Å²) in [6, 6.07) is 9.09. The minimum Gasteiger partial charge on any atom is -0.457 e. The van der Waals surface area contributed by atoms with E-state index in [0.29, 0.717) is 34.7 Å². The molecule has 1 aromatic carbocycles. The lowest BCUT2D eigenvalue weighted by molar-refractivity contribution is -0.148. The Morgan fingerprint density at radius 1 is 1.18 bits per heavy atom. The molecular weight excluding hydrogens is 476 g/mol. The highest BCUT2D eigenvalue weighted by molar-refractivity contribution is 7.12. The highest BCUT2D eigenvalue weighted by Crippen LogP contribution is 2.27. The van der Waals surface area contributed by atoms with Crippen LogP contribution in [0.3, 0.4) is 0 Å². The number of rotatable bonds is 11. The normalized spacial score (nSPS) is 18.2. The van der Waals surface area contributed by atoms with Crippen LogP contribution < -0.4 is 10.6 Å². The van der Waals surface area contributed by atoms with Crippen molar-refractivity contribution in [2.75, 3.05) is 6.61 Å². The third kappa shape index (κ3) is 7.14. The molecule has 0 unspecified atom stereocenters. The molecule has 1 fully saturated rings. The molecule has 9 heteroatoms. The molecule has 1 aliphatic carbocycles. The lowest BCUT2D eigenvalue weighted by Crippen LogP contribution is -2.51. The summed E-state index contributed by atoms with van der Waals surface area (Å²) in [4.78, 5) is 51.0. The van der Waals surface area contributed by atoms with Crippen LogP contribution in [-0.2, 0) is 14.3 Å². The fraction of sp³-hybridized carbons (Fsp3) is 0.440. The Balaban J connectivity index is 1.57. The smallest absolute Gasteiger partial charge is 0.311 e. The van der Waals surface area contributed by atoms with Gasteiger partial charge in [0.15, 0.2) is 12.4 Å². The number of esters is 1. The highest BCUT2D eigenvalue weighted by Gasteiger charge is 2.36. The predicted octanol–water partition coefficient (Wildman–Crippen LogP) is 4.40. The number of thiophene rings is 1. The molecule has 7 nitrogen and oxygen atoms in total. The lowest BCUT2D eigenvalue weighted by atomic mass is 10.0. The second-order valence-electron chi connectivity index (χ2n) is 8.35. The summed E-state index contributed by atoms with van der Waals surface area (Å²) in [5.74, 6) is -1.96. The fourth-order valence-corrected chi connectivity index (χ4v) is 4.96. The molecule has 182 valence electrons. The largest absolute Gasteiger partial charge is 0.457 e. The van der Waals surface area contributed by atoms with E-state index in [1.807, 2.05) is 6.92 Å².